The lowest BCUT2D eigenvalue weighted by Crippen LogP contribution is -2.25. The maximum Gasteiger partial charge on any atom is 0.274 e. The monoisotopic (exact) mass is 286 g/mol. The van der Waals surface area contributed by atoms with Gasteiger partial charge >= 0.3 is 0 Å². The third-order valence-corrected chi connectivity index (χ3v) is 2.56. The van der Waals surface area contributed by atoms with Crippen molar-refractivity contribution in [3.05, 3.63) is 28.2 Å². The summed E-state index contributed by atoms with van der Waals surface area (Å²) in [5.74, 6) is 0.0788. The van der Waals surface area contributed by atoms with E-state index in [4.69, 9.17) is 10.6 Å². The summed E-state index contributed by atoms with van der Waals surface area (Å²) in [5, 5.41) is 0. The third-order valence-electron chi connectivity index (χ3n) is 1.84. The number of anilines is 1. The minimum atomic E-state index is -0.292. The van der Waals surface area contributed by atoms with Crippen molar-refractivity contribution in [1.29, 1.82) is 0 Å². The lowest BCUT2D eigenvalue weighted by atomic mass is 10.2. The molecule has 0 unspecified atom stereocenters. The van der Waals surface area contributed by atoms with E-state index in [-0.39, 0.29) is 5.91 Å². The molecule has 4 nitrogen and oxygen atoms in total. The Balaban J connectivity index is 2.56. The Labute approximate surface area is 103 Å². The van der Waals surface area contributed by atoms with Crippen molar-refractivity contribution in [3.8, 4) is 0 Å². The van der Waals surface area contributed by atoms with Gasteiger partial charge in [-0.25, -0.2) is 5.48 Å². The van der Waals surface area contributed by atoms with Crippen LogP contribution in [0.3, 0.4) is 0 Å². The van der Waals surface area contributed by atoms with E-state index >= 15 is 0 Å². The molecule has 0 bridgehead atoms. The first-order valence-electron chi connectivity index (χ1n) is 4.98. The molecule has 0 spiro atoms. The van der Waals surface area contributed by atoms with E-state index in [9.17, 15) is 4.79 Å². The number of hydrogen-bond acceptors (Lipinski definition) is 3. The van der Waals surface area contributed by atoms with Crippen molar-refractivity contribution >= 4 is 27.5 Å². The zero-order valence-corrected chi connectivity index (χ0v) is 10.9. The number of benzene rings is 1. The molecule has 0 heterocycles. The Bertz CT molecular complexity index is 380. The molecule has 1 rings (SSSR count). The summed E-state index contributed by atoms with van der Waals surface area (Å²) in [4.78, 5) is 16.6. The van der Waals surface area contributed by atoms with E-state index < -0.39 is 0 Å². The first kappa shape index (κ1) is 13.0. The second-order valence-electron chi connectivity index (χ2n) is 3.87. The van der Waals surface area contributed by atoms with Gasteiger partial charge in [-0.2, -0.15) is 0 Å². The molecule has 0 aliphatic carbocycles. The number of carbonyl (C=O) groups excluding carboxylic acids is 1. The Hall–Kier alpha value is -1.07. The van der Waals surface area contributed by atoms with Gasteiger partial charge in [0.15, 0.2) is 0 Å². The molecule has 0 atom stereocenters. The van der Waals surface area contributed by atoms with Gasteiger partial charge in [-0.15, -0.1) is 0 Å². The Morgan fingerprint density at radius 2 is 2.25 bits per heavy atom. The van der Waals surface area contributed by atoms with Crippen LogP contribution in [0.15, 0.2) is 22.7 Å². The third kappa shape index (κ3) is 3.83. The second kappa shape index (κ2) is 5.86. The predicted molar refractivity (Wildman–Crippen MR) is 66.8 cm³/mol. The number of carbonyl (C=O) groups is 1. The van der Waals surface area contributed by atoms with E-state index in [0.29, 0.717) is 23.8 Å². The summed E-state index contributed by atoms with van der Waals surface area (Å²) in [5.41, 5.74) is 9.04. The van der Waals surface area contributed by atoms with E-state index in [1.54, 1.807) is 18.2 Å². The summed E-state index contributed by atoms with van der Waals surface area (Å²) in [6.45, 7) is 4.49. The van der Waals surface area contributed by atoms with Gasteiger partial charge < -0.3 is 5.73 Å². The number of hydroxylamine groups is 1. The summed E-state index contributed by atoms with van der Waals surface area (Å²) in [6.07, 6.45) is 0. The molecule has 1 amide bonds. The highest BCUT2D eigenvalue weighted by Gasteiger charge is 2.07. The van der Waals surface area contributed by atoms with Gasteiger partial charge in [0, 0.05) is 15.7 Å². The van der Waals surface area contributed by atoms with Crippen molar-refractivity contribution in [2.45, 2.75) is 13.8 Å². The molecule has 0 saturated carbocycles. The smallest absolute Gasteiger partial charge is 0.274 e. The number of halogens is 1. The van der Waals surface area contributed by atoms with Crippen molar-refractivity contribution in [2.24, 2.45) is 5.92 Å². The first-order chi connectivity index (χ1) is 7.50. The van der Waals surface area contributed by atoms with Gasteiger partial charge in [0.2, 0.25) is 0 Å². The van der Waals surface area contributed by atoms with E-state index in [0.717, 1.165) is 4.47 Å². The molecular weight excluding hydrogens is 272 g/mol. The molecule has 16 heavy (non-hydrogen) atoms. The van der Waals surface area contributed by atoms with Crippen LogP contribution in [0.5, 0.6) is 0 Å². The lowest BCUT2D eigenvalue weighted by Gasteiger charge is -2.08. The molecule has 3 N–H and O–H groups in total. The quantitative estimate of drug-likeness (QED) is 0.660. The van der Waals surface area contributed by atoms with Crippen LogP contribution < -0.4 is 11.2 Å². The molecule has 0 radical (unpaired) electrons. The lowest BCUT2D eigenvalue weighted by molar-refractivity contribution is 0.0208. The van der Waals surface area contributed by atoms with Crippen LogP contribution in [0.2, 0.25) is 0 Å². The topological polar surface area (TPSA) is 64.3 Å². The molecule has 88 valence electrons. The van der Waals surface area contributed by atoms with Crippen LogP contribution in [-0.2, 0) is 4.84 Å². The standard InChI is InChI=1S/C11H15BrN2O2/c1-7(2)6-16-14-11(15)8-3-4-9(12)10(13)5-8/h3-5,7H,6,13H2,1-2H3,(H,14,15). The number of hydrogen-bond donors (Lipinski definition) is 2. The Kier molecular flexibility index (Phi) is 4.76. The van der Waals surface area contributed by atoms with Crippen LogP contribution in [0, 0.1) is 5.92 Å². The van der Waals surface area contributed by atoms with Crippen LogP contribution >= 0.6 is 15.9 Å². The SMILES string of the molecule is CC(C)CONC(=O)c1ccc(Br)c(N)c1. The van der Waals surface area contributed by atoms with Gasteiger partial charge in [-0.3, -0.25) is 9.63 Å². The average Bonchev–Trinajstić information content (AvgIpc) is 2.21. The average molecular weight is 287 g/mol. The highest BCUT2D eigenvalue weighted by Crippen LogP contribution is 2.20. The van der Waals surface area contributed by atoms with Gasteiger partial charge in [0.05, 0.1) is 6.61 Å². The van der Waals surface area contributed by atoms with Crippen LogP contribution in [0.25, 0.3) is 0 Å². The number of rotatable bonds is 4. The fourth-order valence-corrected chi connectivity index (χ4v) is 1.26. The highest BCUT2D eigenvalue weighted by atomic mass is 79.9. The zero-order valence-electron chi connectivity index (χ0n) is 9.29. The van der Waals surface area contributed by atoms with Gasteiger partial charge in [0.25, 0.3) is 5.91 Å². The number of nitrogens with two attached hydrogens (primary N) is 1. The first-order valence-corrected chi connectivity index (χ1v) is 5.77. The fraction of sp³-hybridized carbons (Fsp3) is 0.364. The second-order valence-corrected chi connectivity index (χ2v) is 4.73. The molecular formula is C11H15BrN2O2. The highest BCUT2D eigenvalue weighted by molar-refractivity contribution is 9.10. The summed E-state index contributed by atoms with van der Waals surface area (Å²) >= 11 is 3.26. The number of nitrogens with one attached hydrogen (secondary N) is 1. The van der Waals surface area contributed by atoms with E-state index in [2.05, 4.69) is 21.4 Å². The predicted octanol–water partition coefficient (Wildman–Crippen LogP) is 2.35. The molecule has 1 aromatic rings. The molecule has 5 heteroatoms. The van der Waals surface area contributed by atoms with Crippen molar-refractivity contribution in [2.75, 3.05) is 12.3 Å². The Morgan fingerprint density at radius 1 is 1.56 bits per heavy atom. The summed E-state index contributed by atoms with van der Waals surface area (Å²) < 4.78 is 0.771. The van der Waals surface area contributed by atoms with Crippen molar-refractivity contribution < 1.29 is 9.63 Å². The van der Waals surface area contributed by atoms with Crippen LogP contribution in [-0.4, -0.2) is 12.5 Å². The maximum atomic E-state index is 11.6. The molecule has 0 fully saturated rings. The largest absolute Gasteiger partial charge is 0.398 e. The molecule has 0 aromatic heterocycles. The van der Waals surface area contributed by atoms with Crippen LogP contribution in [0.4, 0.5) is 5.69 Å². The number of nitrogen functional groups attached to an aromatic ring is 1. The minimum Gasteiger partial charge on any atom is -0.398 e. The van der Waals surface area contributed by atoms with E-state index in [1.807, 2.05) is 13.8 Å². The van der Waals surface area contributed by atoms with Crippen molar-refractivity contribution in [1.82, 2.24) is 5.48 Å². The minimum absolute atomic E-state index is 0.292. The van der Waals surface area contributed by atoms with Crippen molar-refractivity contribution in [3.63, 3.8) is 0 Å². The van der Waals surface area contributed by atoms with Crippen LogP contribution in [0.1, 0.15) is 24.2 Å². The van der Waals surface area contributed by atoms with Gasteiger partial charge in [-0.05, 0) is 40.0 Å². The zero-order chi connectivity index (χ0) is 12.1. The fourth-order valence-electron chi connectivity index (χ4n) is 1.02. The summed E-state index contributed by atoms with van der Waals surface area (Å²) in [6, 6.07) is 5.00. The molecule has 0 aliphatic heterocycles. The normalized spacial score (nSPS) is 10.5. The van der Waals surface area contributed by atoms with E-state index in [1.165, 1.54) is 0 Å². The van der Waals surface area contributed by atoms with Gasteiger partial charge in [-0.1, -0.05) is 13.8 Å². The molecule has 0 saturated heterocycles. The Morgan fingerprint density at radius 3 is 2.81 bits per heavy atom. The summed E-state index contributed by atoms with van der Waals surface area (Å²) in [7, 11) is 0. The number of amides is 1. The molecule has 1 aromatic carbocycles. The van der Waals surface area contributed by atoms with Gasteiger partial charge in [0.1, 0.15) is 0 Å². The molecule has 0 aliphatic rings. The maximum absolute atomic E-state index is 11.6.